The Morgan fingerprint density at radius 1 is 1.35 bits per heavy atom. The van der Waals surface area contributed by atoms with E-state index in [1.807, 2.05) is 13.8 Å². The number of rotatable bonds is 4. The van der Waals surface area contributed by atoms with Crippen molar-refractivity contribution >= 4 is 11.5 Å². The third kappa shape index (κ3) is 3.00. The summed E-state index contributed by atoms with van der Waals surface area (Å²) in [6.07, 6.45) is 0.595. The number of benzene rings is 1. The SMILES string of the molecule is CCc1nc(N)cc(Oc2cc(C)ccc2[N+](=O)[O-])n1. The lowest BCUT2D eigenvalue weighted by molar-refractivity contribution is -0.385. The molecule has 0 unspecified atom stereocenters. The van der Waals surface area contributed by atoms with Crippen LogP contribution in [0.15, 0.2) is 24.3 Å². The summed E-state index contributed by atoms with van der Waals surface area (Å²) in [5.74, 6) is 1.12. The van der Waals surface area contributed by atoms with Crippen molar-refractivity contribution in [2.75, 3.05) is 5.73 Å². The van der Waals surface area contributed by atoms with Crippen molar-refractivity contribution in [2.24, 2.45) is 0 Å². The van der Waals surface area contributed by atoms with Crippen LogP contribution in [0.5, 0.6) is 11.6 Å². The van der Waals surface area contributed by atoms with Crippen LogP contribution in [0.4, 0.5) is 11.5 Å². The van der Waals surface area contributed by atoms with E-state index in [2.05, 4.69) is 9.97 Å². The van der Waals surface area contributed by atoms with Crippen LogP contribution >= 0.6 is 0 Å². The first-order chi connectivity index (χ1) is 9.49. The summed E-state index contributed by atoms with van der Waals surface area (Å²) in [4.78, 5) is 18.6. The molecule has 7 heteroatoms. The van der Waals surface area contributed by atoms with Crippen LogP contribution in [0, 0.1) is 17.0 Å². The minimum atomic E-state index is -0.500. The van der Waals surface area contributed by atoms with Crippen molar-refractivity contribution in [3.05, 3.63) is 45.8 Å². The van der Waals surface area contributed by atoms with Gasteiger partial charge < -0.3 is 10.5 Å². The van der Waals surface area contributed by atoms with Gasteiger partial charge in [-0.1, -0.05) is 13.0 Å². The number of nitrogens with two attached hydrogens (primary N) is 1. The van der Waals surface area contributed by atoms with Gasteiger partial charge >= 0.3 is 5.69 Å². The van der Waals surface area contributed by atoms with E-state index >= 15 is 0 Å². The van der Waals surface area contributed by atoms with Crippen molar-refractivity contribution in [3.8, 4) is 11.6 Å². The second kappa shape index (κ2) is 5.52. The Morgan fingerprint density at radius 2 is 2.10 bits per heavy atom. The number of aryl methyl sites for hydroxylation is 2. The normalized spacial score (nSPS) is 10.3. The molecule has 2 aromatic rings. The van der Waals surface area contributed by atoms with Crippen LogP contribution in [0.1, 0.15) is 18.3 Å². The first kappa shape index (κ1) is 13.7. The summed E-state index contributed by atoms with van der Waals surface area (Å²) < 4.78 is 5.50. The molecule has 0 atom stereocenters. The molecule has 0 radical (unpaired) electrons. The van der Waals surface area contributed by atoms with Gasteiger partial charge in [0.25, 0.3) is 0 Å². The summed E-state index contributed by atoms with van der Waals surface area (Å²) >= 11 is 0. The van der Waals surface area contributed by atoms with Gasteiger partial charge in [-0.25, -0.2) is 4.98 Å². The minimum Gasteiger partial charge on any atom is -0.432 e. The standard InChI is InChI=1S/C13H14N4O3/c1-3-12-15-11(14)7-13(16-12)20-10-6-8(2)4-5-9(10)17(18)19/h4-7H,3H2,1-2H3,(H2,14,15,16). The average molecular weight is 274 g/mol. The second-order valence-corrected chi connectivity index (χ2v) is 4.23. The highest BCUT2D eigenvalue weighted by Gasteiger charge is 2.16. The van der Waals surface area contributed by atoms with Gasteiger partial charge in [0.05, 0.1) is 4.92 Å². The molecule has 2 rings (SSSR count). The van der Waals surface area contributed by atoms with Crippen LogP contribution in [0.2, 0.25) is 0 Å². The molecule has 1 heterocycles. The zero-order valence-corrected chi connectivity index (χ0v) is 11.2. The van der Waals surface area contributed by atoms with E-state index in [0.717, 1.165) is 5.56 Å². The predicted molar refractivity (Wildman–Crippen MR) is 73.7 cm³/mol. The van der Waals surface area contributed by atoms with E-state index in [-0.39, 0.29) is 23.1 Å². The number of anilines is 1. The first-order valence-electron chi connectivity index (χ1n) is 6.06. The molecule has 2 N–H and O–H groups in total. The van der Waals surface area contributed by atoms with Crippen LogP contribution in [0.3, 0.4) is 0 Å². The minimum absolute atomic E-state index is 0.120. The van der Waals surface area contributed by atoms with Crippen LogP contribution < -0.4 is 10.5 Å². The molecule has 0 saturated heterocycles. The maximum Gasteiger partial charge on any atom is 0.311 e. The van der Waals surface area contributed by atoms with Crippen molar-refractivity contribution < 1.29 is 9.66 Å². The molecule has 0 bridgehead atoms. The van der Waals surface area contributed by atoms with Gasteiger partial charge in [-0.05, 0) is 18.6 Å². The number of nitrogen functional groups attached to an aromatic ring is 1. The molecule has 1 aromatic heterocycles. The Kier molecular flexibility index (Phi) is 3.79. The molecule has 104 valence electrons. The number of hydrogen-bond acceptors (Lipinski definition) is 6. The summed E-state index contributed by atoms with van der Waals surface area (Å²) in [5.41, 5.74) is 6.38. The van der Waals surface area contributed by atoms with Gasteiger partial charge in [-0.2, -0.15) is 4.98 Å². The van der Waals surface area contributed by atoms with E-state index in [0.29, 0.717) is 12.2 Å². The molecule has 0 spiro atoms. The van der Waals surface area contributed by atoms with Gasteiger partial charge in [0.1, 0.15) is 11.6 Å². The summed E-state index contributed by atoms with van der Waals surface area (Å²) in [7, 11) is 0. The van der Waals surface area contributed by atoms with E-state index < -0.39 is 4.92 Å². The smallest absolute Gasteiger partial charge is 0.311 e. The average Bonchev–Trinajstić information content (AvgIpc) is 2.37. The van der Waals surface area contributed by atoms with Crippen molar-refractivity contribution in [3.63, 3.8) is 0 Å². The van der Waals surface area contributed by atoms with Gasteiger partial charge in [0.2, 0.25) is 11.6 Å². The lowest BCUT2D eigenvalue weighted by atomic mass is 10.2. The zero-order valence-electron chi connectivity index (χ0n) is 11.2. The summed E-state index contributed by atoms with van der Waals surface area (Å²) in [6.45, 7) is 3.70. The predicted octanol–water partition coefficient (Wildman–Crippen LogP) is 2.63. The van der Waals surface area contributed by atoms with Crippen molar-refractivity contribution in [1.29, 1.82) is 0 Å². The maximum atomic E-state index is 11.0. The van der Waals surface area contributed by atoms with Gasteiger partial charge in [-0.15, -0.1) is 0 Å². The van der Waals surface area contributed by atoms with Gasteiger partial charge in [-0.3, -0.25) is 10.1 Å². The number of ether oxygens (including phenoxy) is 1. The third-order valence-corrected chi connectivity index (χ3v) is 2.61. The third-order valence-electron chi connectivity index (χ3n) is 2.61. The monoisotopic (exact) mass is 274 g/mol. The molecule has 0 aliphatic carbocycles. The molecule has 0 aliphatic rings. The fraction of sp³-hybridized carbons (Fsp3) is 0.231. The molecule has 0 aliphatic heterocycles. The summed E-state index contributed by atoms with van der Waals surface area (Å²) in [5, 5.41) is 11.0. The highest BCUT2D eigenvalue weighted by Crippen LogP contribution is 2.31. The number of nitro groups is 1. The Labute approximate surface area is 115 Å². The van der Waals surface area contributed by atoms with E-state index in [1.54, 1.807) is 12.1 Å². The Balaban J connectivity index is 2.41. The first-order valence-corrected chi connectivity index (χ1v) is 6.06. The van der Waals surface area contributed by atoms with Crippen molar-refractivity contribution in [1.82, 2.24) is 9.97 Å². The molecule has 0 saturated carbocycles. The highest BCUT2D eigenvalue weighted by atomic mass is 16.6. The number of nitrogens with zero attached hydrogens (tertiary/aromatic N) is 3. The topological polar surface area (TPSA) is 104 Å². The lowest BCUT2D eigenvalue weighted by Crippen LogP contribution is -2.01. The van der Waals surface area contributed by atoms with Crippen molar-refractivity contribution in [2.45, 2.75) is 20.3 Å². The zero-order chi connectivity index (χ0) is 14.7. The molecular weight excluding hydrogens is 260 g/mol. The molecule has 0 fully saturated rings. The number of aromatic nitrogens is 2. The molecule has 20 heavy (non-hydrogen) atoms. The maximum absolute atomic E-state index is 11.0. The largest absolute Gasteiger partial charge is 0.432 e. The molecule has 7 nitrogen and oxygen atoms in total. The molecule has 1 aromatic carbocycles. The number of nitro benzene ring substituents is 1. The van der Waals surface area contributed by atoms with Crippen LogP contribution in [-0.2, 0) is 6.42 Å². The Hall–Kier alpha value is -2.70. The van der Waals surface area contributed by atoms with E-state index in [1.165, 1.54) is 12.1 Å². The summed E-state index contributed by atoms with van der Waals surface area (Å²) in [6, 6.07) is 6.07. The number of hydrogen-bond donors (Lipinski definition) is 1. The van der Waals surface area contributed by atoms with Crippen LogP contribution in [0.25, 0.3) is 0 Å². The molecule has 0 amide bonds. The highest BCUT2D eigenvalue weighted by molar-refractivity contribution is 5.50. The lowest BCUT2D eigenvalue weighted by Gasteiger charge is -2.08. The Morgan fingerprint density at radius 3 is 2.75 bits per heavy atom. The van der Waals surface area contributed by atoms with E-state index in [9.17, 15) is 10.1 Å². The fourth-order valence-electron chi connectivity index (χ4n) is 1.67. The molecular formula is C13H14N4O3. The van der Waals surface area contributed by atoms with E-state index in [4.69, 9.17) is 10.5 Å². The Bertz CT molecular complexity index is 658. The van der Waals surface area contributed by atoms with Crippen LogP contribution in [-0.4, -0.2) is 14.9 Å². The fourth-order valence-corrected chi connectivity index (χ4v) is 1.67. The quantitative estimate of drug-likeness (QED) is 0.678. The second-order valence-electron chi connectivity index (χ2n) is 4.23. The van der Waals surface area contributed by atoms with Gasteiger partial charge in [0.15, 0.2) is 0 Å². The van der Waals surface area contributed by atoms with Gasteiger partial charge in [0, 0.05) is 18.6 Å².